The molecular formula is C11H18N4. The van der Waals surface area contributed by atoms with Crippen LogP contribution >= 0.6 is 0 Å². The van der Waals surface area contributed by atoms with Gasteiger partial charge in [0.05, 0.1) is 0 Å². The molecule has 0 bridgehead atoms. The van der Waals surface area contributed by atoms with E-state index in [1.54, 1.807) is 0 Å². The molecule has 1 atom stereocenters. The van der Waals surface area contributed by atoms with Crippen molar-refractivity contribution in [1.29, 1.82) is 0 Å². The van der Waals surface area contributed by atoms with Crippen molar-refractivity contribution in [2.75, 3.05) is 13.1 Å². The summed E-state index contributed by atoms with van der Waals surface area (Å²) in [7, 11) is 0. The Morgan fingerprint density at radius 1 is 1.40 bits per heavy atom. The van der Waals surface area contributed by atoms with E-state index in [4.69, 9.17) is 0 Å². The van der Waals surface area contributed by atoms with E-state index in [-0.39, 0.29) is 5.41 Å². The number of hydrogen-bond donors (Lipinski definition) is 2. The number of nitrogens with one attached hydrogen (secondary N) is 2. The highest BCUT2D eigenvalue weighted by atomic mass is 15.2. The maximum atomic E-state index is 4.68. The van der Waals surface area contributed by atoms with Crippen LogP contribution in [0, 0.1) is 0 Å². The van der Waals surface area contributed by atoms with Gasteiger partial charge in [-0.1, -0.05) is 13.3 Å². The molecule has 1 aromatic heterocycles. The van der Waals surface area contributed by atoms with E-state index in [2.05, 4.69) is 27.4 Å². The van der Waals surface area contributed by atoms with Crippen molar-refractivity contribution in [1.82, 2.24) is 20.5 Å². The van der Waals surface area contributed by atoms with E-state index < -0.39 is 0 Å². The highest BCUT2D eigenvalue weighted by Gasteiger charge is 2.37. The minimum atomic E-state index is 0.265. The molecule has 1 aliphatic carbocycles. The highest BCUT2D eigenvalue weighted by Crippen LogP contribution is 2.41. The van der Waals surface area contributed by atoms with Crippen LogP contribution in [0.5, 0.6) is 0 Å². The third kappa shape index (κ3) is 1.47. The largest absolute Gasteiger partial charge is 0.316 e. The molecule has 82 valence electrons. The quantitative estimate of drug-likeness (QED) is 0.767. The summed E-state index contributed by atoms with van der Waals surface area (Å²) in [6.45, 7) is 4.43. The Hall–Kier alpha value is -0.900. The second kappa shape index (κ2) is 3.30. The zero-order valence-electron chi connectivity index (χ0n) is 9.21. The van der Waals surface area contributed by atoms with Gasteiger partial charge < -0.3 is 5.32 Å². The van der Waals surface area contributed by atoms with Crippen LogP contribution in [0.3, 0.4) is 0 Å². The van der Waals surface area contributed by atoms with Gasteiger partial charge in [0.2, 0.25) is 0 Å². The Morgan fingerprint density at radius 3 is 2.87 bits per heavy atom. The summed E-state index contributed by atoms with van der Waals surface area (Å²) in [5.41, 5.74) is 0.265. The summed E-state index contributed by atoms with van der Waals surface area (Å²) >= 11 is 0. The second-order valence-electron chi connectivity index (χ2n) is 5.15. The van der Waals surface area contributed by atoms with Gasteiger partial charge in [0.25, 0.3) is 0 Å². The predicted molar refractivity (Wildman–Crippen MR) is 57.8 cm³/mol. The molecule has 1 saturated carbocycles. The minimum Gasteiger partial charge on any atom is -0.316 e. The van der Waals surface area contributed by atoms with E-state index in [9.17, 15) is 0 Å². The SMILES string of the molecule is CC1(c2n[nH]c(C3CCNC3)n2)CCC1. The molecule has 0 aromatic carbocycles. The minimum absolute atomic E-state index is 0.265. The van der Waals surface area contributed by atoms with E-state index in [1.165, 1.54) is 25.7 Å². The Labute approximate surface area is 89.9 Å². The van der Waals surface area contributed by atoms with Crippen LogP contribution in [0.2, 0.25) is 0 Å². The monoisotopic (exact) mass is 206 g/mol. The van der Waals surface area contributed by atoms with Gasteiger partial charge >= 0.3 is 0 Å². The van der Waals surface area contributed by atoms with Crippen LogP contribution in [0.1, 0.15) is 50.2 Å². The molecule has 4 nitrogen and oxygen atoms in total. The Kier molecular flexibility index (Phi) is 2.06. The van der Waals surface area contributed by atoms with Gasteiger partial charge in [0, 0.05) is 17.9 Å². The second-order valence-corrected chi connectivity index (χ2v) is 5.15. The van der Waals surface area contributed by atoms with Gasteiger partial charge in [0.15, 0.2) is 5.82 Å². The molecule has 2 N–H and O–H groups in total. The molecule has 0 amide bonds. The molecule has 1 aliphatic heterocycles. The lowest BCUT2D eigenvalue weighted by molar-refractivity contribution is 0.257. The lowest BCUT2D eigenvalue weighted by Gasteiger charge is -2.35. The molecule has 2 heterocycles. The first kappa shape index (κ1) is 9.33. The number of hydrogen-bond acceptors (Lipinski definition) is 3. The lowest BCUT2D eigenvalue weighted by Crippen LogP contribution is -2.31. The molecule has 15 heavy (non-hydrogen) atoms. The van der Waals surface area contributed by atoms with Crippen LogP contribution in [-0.2, 0) is 5.41 Å². The average molecular weight is 206 g/mol. The number of aromatic nitrogens is 3. The van der Waals surface area contributed by atoms with Crippen molar-refractivity contribution >= 4 is 0 Å². The maximum absolute atomic E-state index is 4.68. The van der Waals surface area contributed by atoms with E-state index in [0.29, 0.717) is 5.92 Å². The van der Waals surface area contributed by atoms with Gasteiger partial charge in [0.1, 0.15) is 5.82 Å². The summed E-state index contributed by atoms with van der Waals surface area (Å²) < 4.78 is 0. The first-order valence-corrected chi connectivity index (χ1v) is 5.91. The molecule has 0 spiro atoms. The highest BCUT2D eigenvalue weighted by molar-refractivity contribution is 5.12. The van der Waals surface area contributed by atoms with E-state index in [0.717, 1.165) is 24.7 Å². The molecule has 2 aliphatic rings. The van der Waals surface area contributed by atoms with Gasteiger partial charge in [-0.05, 0) is 25.8 Å². The zero-order chi connectivity index (χ0) is 10.3. The third-order valence-electron chi connectivity index (χ3n) is 3.95. The molecular weight excluding hydrogens is 188 g/mol. The van der Waals surface area contributed by atoms with Gasteiger partial charge in [-0.15, -0.1) is 0 Å². The summed E-state index contributed by atoms with van der Waals surface area (Å²) in [4.78, 5) is 4.68. The van der Waals surface area contributed by atoms with Crippen molar-refractivity contribution in [3.05, 3.63) is 11.6 Å². The Bertz CT molecular complexity index is 347. The molecule has 2 fully saturated rings. The van der Waals surface area contributed by atoms with E-state index >= 15 is 0 Å². The number of aromatic amines is 1. The lowest BCUT2D eigenvalue weighted by atomic mass is 9.70. The van der Waals surface area contributed by atoms with Gasteiger partial charge in [-0.3, -0.25) is 5.10 Å². The van der Waals surface area contributed by atoms with Crippen molar-refractivity contribution < 1.29 is 0 Å². The normalized spacial score (nSPS) is 29.0. The van der Waals surface area contributed by atoms with Crippen molar-refractivity contribution in [3.8, 4) is 0 Å². The number of nitrogens with zero attached hydrogens (tertiary/aromatic N) is 2. The molecule has 4 heteroatoms. The first-order chi connectivity index (χ1) is 7.28. The molecule has 3 rings (SSSR count). The zero-order valence-corrected chi connectivity index (χ0v) is 9.21. The molecule has 1 unspecified atom stereocenters. The van der Waals surface area contributed by atoms with Gasteiger partial charge in [-0.2, -0.15) is 5.10 Å². The maximum Gasteiger partial charge on any atom is 0.156 e. The average Bonchev–Trinajstić information content (AvgIpc) is 2.84. The van der Waals surface area contributed by atoms with Crippen molar-refractivity contribution in [2.24, 2.45) is 0 Å². The Morgan fingerprint density at radius 2 is 2.27 bits per heavy atom. The fourth-order valence-electron chi connectivity index (χ4n) is 2.55. The third-order valence-corrected chi connectivity index (χ3v) is 3.95. The molecule has 0 radical (unpaired) electrons. The number of rotatable bonds is 2. The Balaban J connectivity index is 1.80. The van der Waals surface area contributed by atoms with Crippen molar-refractivity contribution in [2.45, 2.75) is 43.9 Å². The summed E-state index contributed by atoms with van der Waals surface area (Å²) in [6.07, 6.45) is 5.00. The fraction of sp³-hybridized carbons (Fsp3) is 0.818. The predicted octanol–water partition coefficient (Wildman–Crippen LogP) is 1.32. The molecule has 1 aromatic rings. The number of H-pyrrole nitrogens is 1. The fourth-order valence-corrected chi connectivity index (χ4v) is 2.55. The standard InChI is InChI=1S/C11H18N4/c1-11(4-2-5-11)10-13-9(14-15-10)8-3-6-12-7-8/h8,12H,2-7H2,1H3,(H,13,14,15). The van der Waals surface area contributed by atoms with Crippen LogP contribution in [-0.4, -0.2) is 28.3 Å². The van der Waals surface area contributed by atoms with Crippen LogP contribution in [0.15, 0.2) is 0 Å². The first-order valence-electron chi connectivity index (χ1n) is 5.91. The molecule has 1 saturated heterocycles. The topological polar surface area (TPSA) is 53.6 Å². The van der Waals surface area contributed by atoms with Crippen LogP contribution in [0.25, 0.3) is 0 Å². The van der Waals surface area contributed by atoms with Crippen molar-refractivity contribution in [3.63, 3.8) is 0 Å². The van der Waals surface area contributed by atoms with Crippen LogP contribution < -0.4 is 5.32 Å². The van der Waals surface area contributed by atoms with E-state index in [1.807, 2.05) is 0 Å². The van der Waals surface area contributed by atoms with Crippen LogP contribution in [0.4, 0.5) is 0 Å². The summed E-state index contributed by atoms with van der Waals surface area (Å²) in [5, 5.41) is 10.9. The smallest absolute Gasteiger partial charge is 0.156 e. The summed E-state index contributed by atoms with van der Waals surface area (Å²) in [5.74, 6) is 2.67. The summed E-state index contributed by atoms with van der Waals surface area (Å²) in [6, 6.07) is 0. The van der Waals surface area contributed by atoms with Gasteiger partial charge in [-0.25, -0.2) is 4.98 Å².